The Labute approximate surface area is 124 Å². The highest BCUT2D eigenvalue weighted by Gasteiger charge is 2.11. The van der Waals surface area contributed by atoms with Gasteiger partial charge in [-0.15, -0.1) is 0 Å². The number of aromatic nitrogens is 4. The Balaban J connectivity index is 2.05. The number of nitrogens with zero attached hydrogens (tertiary/aromatic N) is 3. The normalized spacial score (nSPS) is 12.3. The van der Waals surface area contributed by atoms with Crippen LogP contribution < -0.4 is 0 Å². The number of fused-ring (bicyclic) bond motifs is 1. The summed E-state index contributed by atoms with van der Waals surface area (Å²) in [6, 6.07) is 2.09. The molecule has 0 aliphatic carbocycles. The quantitative estimate of drug-likeness (QED) is 0.786. The summed E-state index contributed by atoms with van der Waals surface area (Å²) in [5.41, 5.74) is 2.50. The minimum Gasteiger partial charge on any atom is -0.337 e. The van der Waals surface area contributed by atoms with Crippen molar-refractivity contribution in [3.8, 4) is 0 Å². The fourth-order valence-electron chi connectivity index (χ4n) is 1.98. The summed E-state index contributed by atoms with van der Waals surface area (Å²) >= 11 is 6.22. The number of halogens is 3. The first-order valence-electron chi connectivity index (χ1n) is 6.16. The average molecular weight is 309 g/mol. The maximum Gasteiger partial charge on any atom is 0.161 e. The Morgan fingerprint density at radius 3 is 2.71 bits per heavy atom. The first kappa shape index (κ1) is 13.8. The van der Waals surface area contributed by atoms with E-state index in [-0.39, 0.29) is 0 Å². The molecule has 0 unspecified atom stereocenters. The summed E-state index contributed by atoms with van der Waals surface area (Å²) in [6.07, 6.45) is 3.38. The molecule has 0 atom stereocenters. The molecule has 0 aliphatic heterocycles. The van der Waals surface area contributed by atoms with Crippen LogP contribution in [0.4, 0.5) is 8.78 Å². The van der Waals surface area contributed by atoms with E-state index in [1.165, 1.54) is 0 Å². The largest absolute Gasteiger partial charge is 0.337 e. The maximum absolute atomic E-state index is 13.2. The van der Waals surface area contributed by atoms with Crippen molar-refractivity contribution in [1.29, 1.82) is 0 Å². The molecule has 108 valence electrons. The van der Waals surface area contributed by atoms with Crippen molar-refractivity contribution in [1.82, 2.24) is 19.7 Å². The predicted octanol–water partition coefficient (Wildman–Crippen LogP) is 3.62. The molecule has 2 aromatic heterocycles. The van der Waals surface area contributed by atoms with Gasteiger partial charge in [0.2, 0.25) is 0 Å². The number of hydrogen-bond donors (Lipinski definition) is 1. The lowest BCUT2D eigenvalue weighted by atomic mass is 10.2. The summed E-state index contributed by atoms with van der Waals surface area (Å²) in [4.78, 5) is 7.02. The van der Waals surface area contributed by atoms with Gasteiger partial charge in [-0.25, -0.2) is 13.8 Å². The van der Waals surface area contributed by atoms with E-state index in [1.54, 1.807) is 17.0 Å². The van der Waals surface area contributed by atoms with Crippen LogP contribution in [0.25, 0.3) is 22.1 Å². The Kier molecular flexibility index (Phi) is 3.25. The summed E-state index contributed by atoms with van der Waals surface area (Å²) in [6.45, 7) is 1.91. The first-order valence-corrected chi connectivity index (χ1v) is 6.54. The number of aromatic amines is 1. The predicted molar refractivity (Wildman–Crippen MR) is 77.7 cm³/mol. The van der Waals surface area contributed by atoms with Gasteiger partial charge in [0.15, 0.2) is 11.6 Å². The molecule has 2 heterocycles. The summed E-state index contributed by atoms with van der Waals surface area (Å²) in [5.74, 6) is -1.52. The van der Waals surface area contributed by atoms with Crippen LogP contribution in [0.15, 0.2) is 18.3 Å². The highest BCUT2D eigenvalue weighted by atomic mass is 35.5. The second kappa shape index (κ2) is 4.96. The van der Waals surface area contributed by atoms with Gasteiger partial charge in [-0.1, -0.05) is 11.6 Å². The van der Waals surface area contributed by atoms with Crippen molar-refractivity contribution < 1.29 is 8.78 Å². The summed E-state index contributed by atoms with van der Waals surface area (Å²) < 4.78 is 28.1. The molecule has 3 rings (SSSR count). The van der Waals surface area contributed by atoms with Gasteiger partial charge in [0.25, 0.3) is 0 Å². The molecule has 0 saturated carbocycles. The Morgan fingerprint density at radius 1 is 1.33 bits per heavy atom. The molecule has 1 aromatic carbocycles. The van der Waals surface area contributed by atoms with Crippen LogP contribution in [0, 0.1) is 18.6 Å². The van der Waals surface area contributed by atoms with Crippen molar-refractivity contribution >= 4 is 33.7 Å². The van der Waals surface area contributed by atoms with E-state index in [4.69, 9.17) is 11.6 Å². The molecule has 0 saturated heterocycles. The van der Waals surface area contributed by atoms with Gasteiger partial charge >= 0.3 is 0 Å². The molecular formula is C14H11ClF2N4. The second-order valence-electron chi connectivity index (χ2n) is 4.67. The molecule has 0 radical (unpaired) electrons. The third-order valence-corrected chi connectivity index (χ3v) is 3.59. The molecule has 0 spiro atoms. The van der Waals surface area contributed by atoms with Crippen LogP contribution in [-0.2, 0) is 7.05 Å². The van der Waals surface area contributed by atoms with E-state index < -0.39 is 11.6 Å². The number of nitrogens with one attached hydrogen (secondary N) is 1. The number of rotatable bonds is 2. The molecular weight excluding hydrogens is 298 g/mol. The number of aryl methyl sites for hydroxylation is 1. The monoisotopic (exact) mass is 308 g/mol. The van der Waals surface area contributed by atoms with Crippen LogP contribution >= 0.6 is 11.6 Å². The van der Waals surface area contributed by atoms with Gasteiger partial charge in [0.1, 0.15) is 5.82 Å². The van der Waals surface area contributed by atoms with Crippen LogP contribution in [0.1, 0.15) is 17.1 Å². The van der Waals surface area contributed by atoms with Crippen LogP contribution in [0.2, 0.25) is 0 Å². The van der Waals surface area contributed by atoms with Crippen molar-refractivity contribution in [2.24, 2.45) is 7.05 Å². The lowest BCUT2D eigenvalue weighted by Crippen LogP contribution is -1.92. The minimum atomic E-state index is -0.941. The van der Waals surface area contributed by atoms with E-state index in [1.807, 2.05) is 14.0 Å². The van der Waals surface area contributed by atoms with Gasteiger partial charge in [-0.05, 0) is 13.0 Å². The highest BCUT2D eigenvalue weighted by Crippen LogP contribution is 2.24. The third-order valence-electron chi connectivity index (χ3n) is 3.31. The zero-order valence-electron chi connectivity index (χ0n) is 11.3. The van der Waals surface area contributed by atoms with Crippen molar-refractivity contribution in [3.63, 3.8) is 0 Å². The smallest absolute Gasteiger partial charge is 0.161 e. The van der Waals surface area contributed by atoms with Crippen LogP contribution in [-0.4, -0.2) is 19.7 Å². The van der Waals surface area contributed by atoms with Crippen LogP contribution in [0.5, 0.6) is 0 Å². The van der Waals surface area contributed by atoms with Gasteiger partial charge in [0.05, 0.1) is 22.3 Å². The average Bonchev–Trinajstić information content (AvgIpc) is 2.97. The van der Waals surface area contributed by atoms with E-state index in [0.717, 1.165) is 23.4 Å². The SMILES string of the molecule is Cc1c(/C=C(\Cl)c2nc3cc(F)c(F)cc3[nH]2)cnn1C. The van der Waals surface area contributed by atoms with Crippen molar-refractivity contribution in [2.75, 3.05) is 0 Å². The molecule has 0 fully saturated rings. The fourth-order valence-corrected chi connectivity index (χ4v) is 2.19. The third kappa shape index (κ3) is 2.42. The Morgan fingerprint density at radius 2 is 2.05 bits per heavy atom. The van der Waals surface area contributed by atoms with Crippen molar-refractivity contribution in [3.05, 3.63) is 47.0 Å². The number of benzene rings is 1. The number of imidazole rings is 1. The maximum atomic E-state index is 13.2. The fraction of sp³-hybridized carbons (Fsp3) is 0.143. The standard InChI is InChI=1S/C14H11ClF2N4/c1-7-8(6-18-21(7)2)3-9(15)14-19-12-4-10(16)11(17)5-13(12)20-14/h3-6H,1-2H3,(H,19,20)/b9-3-. The van der Waals surface area contributed by atoms with E-state index in [0.29, 0.717) is 21.9 Å². The van der Waals surface area contributed by atoms with Gasteiger partial charge in [0, 0.05) is 30.4 Å². The van der Waals surface area contributed by atoms with Gasteiger partial charge in [-0.2, -0.15) is 5.10 Å². The molecule has 0 aliphatic rings. The Hall–Kier alpha value is -2.21. The highest BCUT2D eigenvalue weighted by molar-refractivity contribution is 6.50. The number of H-pyrrole nitrogens is 1. The van der Waals surface area contributed by atoms with E-state index >= 15 is 0 Å². The zero-order valence-corrected chi connectivity index (χ0v) is 12.0. The molecule has 7 heteroatoms. The van der Waals surface area contributed by atoms with Crippen molar-refractivity contribution in [2.45, 2.75) is 6.92 Å². The molecule has 21 heavy (non-hydrogen) atoms. The topological polar surface area (TPSA) is 46.5 Å². The minimum absolute atomic E-state index is 0.318. The lowest BCUT2D eigenvalue weighted by Gasteiger charge is -1.96. The van der Waals surface area contributed by atoms with E-state index in [9.17, 15) is 8.78 Å². The molecule has 1 N–H and O–H groups in total. The summed E-state index contributed by atoms with van der Waals surface area (Å²) in [7, 11) is 1.83. The zero-order chi connectivity index (χ0) is 15.1. The van der Waals surface area contributed by atoms with Gasteiger partial charge in [-0.3, -0.25) is 4.68 Å². The van der Waals surface area contributed by atoms with Crippen LogP contribution in [0.3, 0.4) is 0 Å². The molecule has 3 aromatic rings. The summed E-state index contributed by atoms with van der Waals surface area (Å²) in [5, 5.41) is 4.45. The molecule has 0 amide bonds. The second-order valence-corrected chi connectivity index (χ2v) is 5.08. The number of hydrogen-bond acceptors (Lipinski definition) is 2. The molecule has 4 nitrogen and oxygen atoms in total. The van der Waals surface area contributed by atoms with Gasteiger partial charge < -0.3 is 4.98 Å². The Bertz CT molecular complexity index is 824. The first-order chi connectivity index (χ1) is 9.95. The molecule has 0 bridgehead atoms. The van der Waals surface area contributed by atoms with E-state index in [2.05, 4.69) is 15.1 Å². The lowest BCUT2D eigenvalue weighted by molar-refractivity contribution is 0.510.